The molecule has 0 aliphatic heterocycles. The number of hydrogen-bond donors (Lipinski definition) is 0. The number of benzene rings is 7. The molecule has 0 amide bonds. The van der Waals surface area contributed by atoms with E-state index < -0.39 is 0 Å². The summed E-state index contributed by atoms with van der Waals surface area (Å²) >= 11 is 0. The van der Waals surface area contributed by atoms with E-state index in [4.69, 9.17) is 9.97 Å². The standard InChI is InChI=1S/C46H29N3/c1-2-12-30(13-3-1)31-21-23-32(24-22-31)42-35-14-4-6-16-37(35)43(38-17-7-5-15-36(38)42)33-25-27-34(28-26-33)44-46-45(39-18-8-9-19-40(39)47-44)48-41-20-10-11-29-49(41)46/h1-29H. The minimum atomic E-state index is 0.918. The van der Waals surface area contributed by atoms with Gasteiger partial charge in [0.05, 0.1) is 16.7 Å². The maximum Gasteiger partial charge on any atom is 0.137 e. The summed E-state index contributed by atoms with van der Waals surface area (Å²) in [5.41, 5.74) is 13.2. The Labute approximate surface area is 283 Å². The summed E-state index contributed by atoms with van der Waals surface area (Å²) in [4.78, 5) is 10.2. The zero-order valence-corrected chi connectivity index (χ0v) is 26.6. The van der Waals surface area contributed by atoms with Crippen molar-refractivity contribution in [2.75, 3.05) is 0 Å². The molecule has 0 radical (unpaired) electrons. The van der Waals surface area contributed by atoms with Crippen LogP contribution in [0, 0.1) is 0 Å². The number of hydrogen-bond acceptors (Lipinski definition) is 2. The molecule has 3 aromatic heterocycles. The van der Waals surface area contributed by atoms with Gasteiger partial charge in [0.1, 0.15) is 11.2 Å². The first kappa shape index (κ1) is 27.5. The monoisotopic (exact) mass is 623 g/mol. The van der Waals surface area contributed by atoms with E-state index in [0.29, 0.717) is 0 Å². The summed E-state index contributed by atoms with van der Waals surface area (Å²) in [6, 6.07) is 60.6. The van der Waals surface area contributed by atoms with E-state index >= 15 is 0 Å². The molecule has 0 spiro atoms. The van der Waals surface area contributed by atoms with Gasteiger partial charge >= 0.3 is 0 Å². The second-order valence-corrected chi connectivity index (χ2v) is 12.6. The largest absolute Gasteiger partial charge is 0.298 e. The molecule has 10 aromatic rings. The minimum absolute atomic E-state index is 0.918. The Morgan fingerprint density at radius 1 is 0.347 bits per heavy atom. The number of fused-ring (bicyclic) bond motifs is 7. The smallest absolute Gasteiger partial charge is 0.137 e. The van der Waals surface area contributed by atoms with Gasteiger partial charge in [-0.2, -0.15) is 0 Å². The Bertz CT molecular complexity index is 2790. The molecule has 0 fully saturated rings. The summed E-state index contributed by atoms with van der Waals surface area (Å²) in [6.07, 6.45) is 2.08. The van der Waals surface area contributed by atoms with Crippen LogP contribution in [0.25, 0.3) is 93.8 Å². The highest BCUT2D eigenvalue weighted by atomic mass is 15.0. The van der Waals surface area contributed by atoms with Crippen LogP contribution in [0.2, 0.25) is 0 Å². The quantitative estimate of drug-likeness (QED) is 0.183. The molecular weight excluding hydrogens is 595 g/mol. The summed E-state index contributed by atoms with van der Waals surface area (Å²) in [6.45, 7) is 0. The molecule has 0 atom stereocenters. The van der Waals surface area contributed by atoms with E-state index in [1.165, 1.54) is 54.9 Å². The molecule has 0 bridgehead atoms. The third-order valence-corrected chi connectivity index (χ3v) is 9.80. The molecule has 0 saturated heterocycles. The Kier molecular flexibility index (Phi) is 6.18. The molecule has 3 nitrogen and oxygen atoms in total. The van der Waals surface area contributed by atoms with E-state index in [1.54, 1.807) is 0 Å². The molecule has 7 aromatic carbocycles. The van der Waals surface area contributed by atoms with Crippen molar-refractivity contribution in [1.82, 2.24) is 14.4 Å². The lowest BCUT2D eigenvalue weighted by Crippen LogP contribution is -1.93. The number of aromatic nitrogens is 3. The van der Waals surface area contributed by atoms with Crippen LogP contribution in [0.1, 0.15) is 0 Å². The molecule has 228 valence electrons. The van der Waals surface area contributed by atoms with Crippen LogP contribution in [-0.4, -0.2) is 14.4 Å². The lowest BCUT2D eigenvalue weighted by atomic mass is 9.85. The van der Waals surface area contributed by atoms with Crippen molar-refractivity contribution in [3.63, 3.8) is 0 Å². The van der Waals surface area contributed by atoms with Gasteiger partial charge in [0.2, 0.25) is 0 Å². The van der Waals surface area contributed by atoms with Crippen LogP contribution in [0.4, 0.5) is 0 Å². The lowest BCUT2D eigenvalue weighted by Gasteiger charge is -2.18. The summed E-state index contributed by atoms with van der Waals surface area (Å²) in [5, 5.41) is 6.04. The Morgan fingerprint density at radius 2 is 0.816 bits per heavy atom. The van der Waals surface area contributed by atoms with Gasteiger partial charge in [-0.25, -0.2) is 9.97 Å². The van der Waals surface area contributed by atoms with Crippen LogP contribution in [0.3, 0.4) is 0 Å². The van der Waals surface area contributed by atoms with Gasteiger partial charge in [0.25, 0.3) is 0 Å². The fourth-order valence-electron chi connectivity index (χ4n) is 7.56. The molecule has 3 heteroatoms. The molecule has 49 heavy (non-hydrogen) atoms. The summed E-state index contributed by atoms with van der Waals surface area (Å²) < 4.78 is 2.16. The maximum atomic E-state index is 5.21. The number of imidazole rings is 1. The van der Waals surface area contributed by atoms with Crippen LogP contribution in [0.5, 0.6) is 0 Å². The van der Waals surface area contributed by atoms with Crippen molar-refractivity contribution >= 4 is 49.1 Å². The molecule has 0 aliphatic rings. The van der Waals surface area contributed by atoms with Gasteiger partial charge in [-0.05, 0) is 73.1 Å². The molecule has 3 heterocycles. The summed E-state index contributed by atoms with van der Waals surface area (Å²) in [5.74, 6) is 0. The van der Waals surface area contributed by atoms with Crippen LogP contribution in [-0.2, 0) is 0 Å². The first-order valence-corrected chi connectivity index (χ1v) is 16.7. The van der Waals surface area contributed by atoms with Crippen molar-refractivity contribution in [2.24, 2.45) is 0 Å². The van der Waals surface area contributed by atoms with Crippen LogP contribution >= 0.6 is 0 Å². The van der Waals surface area contributed by atoms with Crippen LogP contribution in [0.15, 0.2) is 176 Å². The summed E-state index contributed by atoms with van der Waals surface area (Å²) in [7, 11) is 0. The van der Waals surface area contributed by atoms with E-state index in [9.17, 15) is 0 Å². The van der Waals surface area contributed by atoms with Crippen molar-refractivity contribution in [3.05, 3.63) is 176 Å². The van der Waals surface area contributed by atoms with Gasteiger partial charge in [-0.15, -0.1) is 0 Å². The zero-order valence-electron chi connectivity index (χ0n) is 26.6. The van der Waals surface area contributed by atoms with Crippen molar-refractivity contribution < 1.29 is 0 Å². The Balaban J connectivity index is 1.15. The van der Waals surface area contributed by atoms with Gasteiger partial charge in [0, 0.05) is 17.1 Å². The van der Waals surface area contributed by atoms with E-state index in [0.717, 1.165) is 38.8 Å². The fraction of sp³-hybridized carbons (Fsp3) is 0. The predicted molar refractivity (Wildman–Crippen MR) is 205 cm³/mol. The highest BCUT2D eigenvalue weighted by molar-refractivity contribution is 6.21. The topological polar surface area (TPSA) is 30.2 Å². The fourth-order valence-corrected chi connectivity index (χ4v) is 7.56. The Hall–Kier alpha value is -6.58. The zero-order chi connectivity index (χ0) is 32.3. The second-order valence-electron chi connectivity index (χ2n) is 12.6. The third kappa shape index (κ3) is 4.37. The van der Waals surface area contributed by atoms with Gasteiger partial charge < -0.3 is 0 Å². The number of rotatable bonds is 4. The molecular formula is C46H29N3. The van der Waals surface area contributed by atoms with Gasteiger partial charge in [0.15, 0.2) is 0 Å². The predicted octanol–water partition coefficient (Wildman–Crippen LogP) is 12.0. The van der Waals surface area contributed by atoms with E-state index in [2.05, 4.69) is 162 Å². The lowest BCUT2D eigenvalue weighted by molar-refractivity contribution is 1.22. The van der Waals surface area contributed by atoms with Gasteiger partial charge in [-0.3, -0.25) is 4.40 Å². The third-order valence-electron chi connectivity index (χ3n) is 9.80. The van der Waals surface area contributed by atoms with Crippen LogP contribution < -0.4 is 0 Å². The molecule has 0 unspecified atom stereocenters. The number of pyridine rings is 2. The van der Waals surface area contributed by atoms with Crippen molar-refractivity contribution in [3.8, 4) is 44.6 Å². The normalized spacial score (nSPS) is 11.7. The van der Waals surface area contributed by atoms with E-state index in [1.807, 2.05) is 18.2 Å². The SMILES string of the molecule is c1ccc(-c2ccc(-c3c4ccccc4c(-c4ccc(-c5nc6ccccc6c6nc7ccccn7c56)cc4)c4ccccc34)cc2)cc1. The first-order chi connectivity index (χ1) is 24.3. The first-order valence-electron chi connectivity index (χ1n) is 16.7. The van der Waals surface area contributed by atoms with Gasteiger partial charge in [-0.1, -0.05) is 152 Å². The van der Waals surface area contributed by atoms with Crippen molar-refractivity contribution in [1.29, 1.82) is 0 Å². The molecule has 0 saturated carbocycles. The number of nitrogens with zero attached hydrogens (tertiary/aromatic N) is 3. The average molecular weight is 624 g/mol. The molecule has 10 rings (SSSR count). The van der Waals surface area contributed by atoms with Crippen molar-refractivity contribution in [2.45, 2.75) is 0 Å². The van der Waals surface area contributed by atoms with E-state index in [-0.39, 0.29) is 0 Å². The highest BCUT2D eigenvalue weighted by Crippen LogP contribution is 2.44. The Morgan fingerprint density at radius 3 is 1.43 bits per heavy atom. The number of para-hydroxylation sites is 1. The molecule has 0 aliphatic carbocycles. The highest BCUT2D eigenvalue weighted by Gasteiger charge is 2.19. The minimum Gasteiger partial charge on any atom is -0.298 e. The maximum absolute atomic E-state index is 5.21. The molecule has 0 N–H and O–H groups in total. The second kappa shape index (κ2) is 11.0. The average Bonchev–Trinajstić information content (AvgIpc) is 3.57.